The molecule has 1 N–H and O–H groups in total. The molecule has 0 aliphatic carbocycles. The van der Waals surface area contributed by atoms with Gasteiger partial charge in [0.15, 0.2) is 0 Å². The second kappa shape index (κ2) is 7.84. The number of benzene rings is 2. The summed E-state index contributed by atoms with van der Waals surface area (Å²) in [6.07, 6.45) is 1.12. The van der Waals surface area contributed by atoms with Crippen LogP contribution in [0.3, 0.4) is 0 Å². The van der Waals surface area contributed by atoms with Gasteiger partial charge in [0, 0.05) is 0 Å². The van der Waals surface area contributed by atoms with E-state index >= 15 is 0 Å². The predicted octanol–water partition coefficient (Wildman–Crippen LogP) is 4.37. The molecule has 2 aromatic carbocycles. The second-order valence-electron chi connectivity index (χ2n) is 5.27. The van der Waals surface area contributed by atoms with Crippen LogP contribution < -0.4 is 10.1 Å². The van der Waals surface area contributed by atoms with Gasteiger partial charge in [0.2, 0.25) is 0 Å². The highest BCUT2D eigenvalue weighted by atomic mass is 16.5. The van der Waals surface area contributed by atoms with Gasteiger partial charge in [0.05, 0.1) is 6.04 Å². The number of hydrogen-bond acceptors (Lipinski definition) is 2. The fourth-order valence-corrected chi connectivity index (χ4v) is 2.52. The molecule has 0 fully saturated rings. The van der Waals surface area contributed by atoms with Gasteiger partial charge in [-0.2, -0.15) is 0 Å². The molecule has 0 aliphatic rings. The third-order valence-electron chi connectivity index (χ3n) is 3.71. The van der Waals surface area contributed by atoms with Crippen molar-refractivity contribution >= 4 is 0 Å². The Hall–Kier alpha value is -1.80. The van der Waals surface area contributed by atoms with E-state index in [-0.39, 0.29) is 12.1 Å². The Bertz CT molecular complexity index is 521. The van der Waals surface area contributed by atoms with Crippen LogP contribution in [-0.4, -0.2) is 12.6 Å². The lowest BCUT2D eigenvalue weighted by Crippen LogP contribution is -2.33. The highest BCUT2D eigenvalue weighted by molar-refractivity contribution is 5.28. The predicted molar refractivity (Wildman–Crippen MR) is 88.8 cm³/mol. The molecule has 0 saturated heterocycles. The Kier molecular flexibility index (Phi) is 5.82. The molecule has 2 aromatic rings. The molecular formula is C19H25NO. The minimum absolute atomic E-state index is 0.0693. The number of hydrogen-bond donors (Lipinski definition) is 1. The van der Waals surface area contributed by atoms with Gasteiger partial charge in [-0.15, -0.1) is 0 Å². The van der Waals surface area contributed by atoms with Crippen LogP contribution in [0.25, 0.3) is 0 Å². The fourth-order valence-electron chi connectivity index (χ4n) is 2.52. The lowest BCUT2D eigenvalue weighted by atomic mass is 10.0. The maximum Gasteiger partial charge on any atom is 0.119 e. The molecule has 2 rings (SSSR count). The maximum atomic E-state index is 6.12. The van der Waals surface area contributed by atoms with Crippen LogP contribution in [0.1, 0.15) is 37.9 Å². The standard InChI is InChI=1S/C19H25NO/c1-4-16-11-13-18(14-12-16)21-15(3)19(20-5-2)17-9-7-6-8-10-17/h6-15,19-20H,4-5H2,1-3H3. The van der Waals surface area contributed by atoms with Crippen LogP contribution in [0.15, 0.2) is 54.6 Å². The van der Waals surface area contributed by atoms with E-state index in [2.05, 4.69) is 74.6 Å². The summed E-state index contributed by atoms with van der Waals surface area (Å²) in [7, 11) is 0. The molecule has 21 heavy (non-hydrogen) atoms. The summed E-state index contributed by atoms with van der Waals surface area (Å²) in [5.41, 5.74) is 2.60. The van der Waals surface area contributed by atoms with Gasteiger partial charge >= 0.3 is 0 Å². The lowest BCUT2D eigenvalue weighted by Gasteiger charge is -2.26. The van der Waals surface area contributed by atoms with Crippen molar-refractivity contribution < 1.29 is 4.74 Å². The molecule has 0 aliphatic heterocycles. The van der Waals surface area contributed by atoms with Crippen molar-refractivity contribution in [2.75, 3.05) is 6.54 Å². The molecule has 0 saturated carbocycles. The smallest absolute Gasteiger partial charge is 0.119 e. The SMILES string of the molecule is CCNC(c1ccccc1)C(C)Oc1ccc(CC)cc1. The average Bonchev–Trinajstić information content (AvgIpc) is 2.54. The van der Waals surface area contributed by atoms with Crippen LogP contribution in [0.5, 0.6) is 5.75 Å². The second-order valence-corrected chi connectivity index (χ2v) is 5.27. The van der Waals surface area contributed by atoms with E-state index in [4.69, 9.17) is 4.74 Å². The van der Waals surface area contributed by atoms with Gasteiger partial charge in [-0.1, -0.05) is 56.3 Å². The Morgan fingerprint density at radius 1 is 0.952 bits per heavy atom. The van der Waals surface area contributed by atoms with E-state index in [0.717, 1.165) is 18.7 Å². The largest absolute Gasteiger partial charge is 0.489 e. The van der Waals surface area contributed by atoms with E-state index in [1.54, 1.807) is 0 Å². The van der Waals surface area contributed by atoms with E-state index < -0.39 is 0 Å². The minimum Gasteiger partial charge on any atom is -0.489 e. The summed E-state index contributed by atoms with van der Waals surface area (Å²) < 4.78 is 6.12. The van der Waals surface area contributed by atoms with Crippen molar-refractivity contribution in [2.24, 2.45) is 0 Å². The first kappa shape index (κ1) is 15.6. The molecule has 2 heteroatoms. The quantitative estimate of drug-likeness (QED) is 0.815. The van der Waals surface area contributed by atoms with Crippen molar-refractivity contribution in [2.45, 2.75) is 39.3 Å². The molecule has 0 aromatic heterocycles. The zero-order valence-corrected chi connectivity index (χ0v) is 13.2. The van der Waals surface area contributed by atoms with Gasteiger partial charge in [0.1, 0.15) is 11.9 Å². The van der Waals surface area contributed by atoms with Crippen molar-refractivity contribution in [3.05, 3.63) is 65.7 Å². The highest BCUT2D eigenvalue weighted by Gasteiger charge is 2.19. The van der Waals surface area contributed by atoms with Crippen LogP contribution in [0.4, 0.5) is 0 Å². The van der Waals surface area contributed by atoms with Crippen LogP contribution >= 0.6 is 0 Å². The first-order chi connectivity index (χ1) is 10.2. The molecule has 112 valence electrons. The number of rotatable bonds is 7. The van der Waals surface area contributed by atoms with Crippen LogP contribution in [0, 0.1) is 0 Å². The molecule has 2 unspecified atom stereocenters. The lowest BCUT2D eigenvalue weighted by molar-refractivity contribution is 0.171. The molecule has 0 spiro atoms. The van der Waals surface area contributed by atoms with Crippen molar-refractivity contribution in [1.82, 2.24) is 5.32 Å². The Balaban J connectivity index is 2.09. The topological polar surface area (TPSA) is 21.3 Å². The molecule has 0 amide bonds. The van der Waals surface area contributed by atoms with E-state index in [0.29, 0.717) is 0 Å². The molecule has 2 nitrogen and oxygen atoms in total. The van der Waals surface area contributed by atoms with E-state index in [1.165, 1.54) is 11.1 Å². The zero-order valence-electron chi connectivity index (χ0n) is 13.2. The number of aryl methyl sites for hydroxylation is 1. The zero-order chi connectivity index (χ0) is 15.1. The average molecular weight is 283 g/mol. The summed E-state index contributed by atoms with van der Waals surface area (Å²) >= 11 is 0. The molecule has 0 bridgehead atoms. The number of ether oxygens (including phenoxy) is 1. The molecule has 0 heterocycles. The van der Waals surface area contributed by atoms with Crippen molar-refractivity contribution in [3.63, 3.8) is 0 Å². The fraction of sp³-hybridized carbons (Fsp3) is 0.368. The van der Waals surface area contributed by atoms with Crippen LogP contribution in [-0.2, 0) is 6.42 Å². The van der Waals surface area contributed by atoms with Crippen molar-refractivity contribution in [1.29, 1.82) is 0 Å². The van der Waals surface area contributed by atoms with Crippen molar-refractivity contribution in [3.8, 4) is 5.75 Å². The van der Waals surface area contributed by atoms with Gasteiger partial charge in [-0.3, -0.25) is 0 Å². The maximum absolute atomic E-state index is 6.12. The summed E-state index contributed by atoms with van der Waals surface area (Å²) in [4.78, 5) is 0. The summed E-state index contributed by atoms with van der Waals surface area (Å²) in [6.45, 7) is 7.32. The Labute approximate surface area is 128 Å². The third kappa shape index (κ3) is 4.33. The Morgan fingerprint density at radius 3 is 2.19 bits per heavy atom. The van der Waals surface area contributed by atoms with Gasteiger partial charge in [0.25, 0.3) is 0 Å². The van der Waals surface area contributed by atoms with Crippen LogP contribution in [0.2, 0.25) is 0 Å². The van der Waals surface area contributed by atoms with Gasteiger partial charge in [-0.05, 0) is 43.1 Å². The third-order valence-corrected chi connectivity index (χ3v) is 3.71. The Morgan fingerprint density at radius 2 is 1.62 bits per heavy atom. The first-order valence-electron chi connectivity index (χ1n) is 7.78. The summed E-state index contributed by atoms with van der Waals surface area (Å²) in [6, 6.07) is 19.1. The first-order valence-corrected chi connectivity index (χ1v) is 7.78. The number of likely N-dealkylation sites (N-methyl/N-ethyl adjacent to an activating group) is 1. The number of nitrogens with one attached hydrogen (secondary N) is 1. The monoisotopic (exact) mass is 283 g/mol. The molecule has 0 radical (unpaired) electrons. The van der Waals surface area contributed by atoms with E-state index in [9.17, 15) is 0 Å². The normalized spacial score (nSPS) is 13.7. The van der Waals surface area contributed by atoms with Gasteiger partial charge in [-0.25, -0.2) is 0 Å². The molecule has 2 atom stereocenters. The summed E-state index contributed by atoms with van der Waals surface area (Å²) in [5, 5.41) is 3.52. The highest BCUT2D eigenvalue weighted by Crippen LogP contribution is 2.22. The van der Waals surface area contributed by atoms with E-state index in [1.807, 2.05) is 6.07 Å². The summed E-state index contributed by atoms with van der Waals surface area (Å²) in [5.74, 6) is 0.929. The van der Waals surface area contributed by atoms with Gasteiger partial charge < -0.3 is 10.1 Å². The molecular weight excluding hydrogens is 258 g/mol. The minimum atomic E-state index is 0.0693.